The Bertz CT molecular complexity index is 1180. The van der Waals surface area contributed by atoms with Gasteiger partial charge in [-0.2, -0.15) is 0 Å². The third-order valence-electron chi connectivity index (χ3n) is 7.82. The molecule has 1 aromatic rings. The molecule has 1 unspecified atom stereocenters. The van der Waals surface area contributed by atoms with E-state index in [1.54, 1.807) is 24.3 Å². The molecule has 1 aromatic carbocycles. The lowest BCUT2D eigenvalue weighted by Gasteiger charge is -2.25. The van der Waals surface area contributed by atoms with Gasteiger partial charge in [0.2, 0.25) is 17.7 Å². The summed E-state index contributed by atoms with van der Waals surface area (Å²) in [6.07, 6.45) is 4.79. The Morgan fingerprint density at radius 2 is 1.49 bits per heavy atom. The largest absolute Gasteiger partial charge is 0.445 e. The molecule has 13 nitrogen and oxygen atoms in total. The fourth-order valence-corrected chi connectivity index (χ4v) is 4.99. The summed E-state index contributed by atoms with van der Waals surface area (Å²) in [5.41, 5.74) is 6.27. The second kappa shape index (κ2) is 22.0. The predicted octanol–water partition coefficient (Wildman–Crippen LogP) is 5.13. The van der Waals surface area contributed by atoms with Gasteiger partial charge in [-0.25, -0.2) is 9.59 Å². The highest BCUT2D eigenvalue weighted by Gasteiger charge is 2.29. The van der Waals surface area contributed by atoms with Crippen LogP contribution in [0.5, 0.6) is 0 Å². The van der Waals surface area contributed by atoms with E-state index in [4.69, 9.17) is 15.2 Å². The van der Waals surface area contributed by atoms with Crippen molar-refractivity contribution in [2.75, 3.05) is 25.0 Å². The zero-order valence-electron chi connectivity index (χ0n) is 31.0. The normalized spacial score (nSPS) is 12.8. The Morgan fingerprint density at radius 1 is 0.816 bits per heavy atom. The Kier molecular flexibility index (Phi) is 19.3. The minimum absolute atomic E-state index is 0.0414. The topological polar surface area (TPSA) is 190 Å². The molecule has 0 heterocycles. The van der Waals surface area contributed by atoms with Crippen LogP contribution in [0.25, 0.3) is 0 Å². The molecule has 0 saturated carbocycles. The summed E-state index contributed by atoms with van der Waals surface area (Å²) in [4.78, 5) is 62.7. The van der Waals surface area contributed by atoms with E-state index in [9.17, 15) is 24.0 Å². The number of ether oxygens (including phenoxy) is 2. The minimum Gasteiger partial charge on any atom is -0.445 e. The molecule has 0 aromatic heterocycles. The van der Waals surface area contributed by atoms with Crippen LogP contribution in [0, 0.1) is 11.3 Å². The van der Waals surface area contributed by atoms with E-state index in [-0.39, 0.29) is 42.4 Å². The highest BCUT2D eigenvalue weighted by atomic mass is 16.5. The van der Waals surface area contributed by atoms with Crippen molar-refractivity contribution in [3.63, 3.8) is 0 Å². The van der Waals surface area contributed by atoms with Gasteiger partial charge >= 0.3 is 12.1 Å². The van der Waals surface area contributed by atoms with Crippen molar-refractivity contribution in [2.45, 2.75) is 131 Å². The zero-order valence-corrected chi connectivity index (χ0v) is 31.0. The highest BCUT2D eigenvalue weighted by molar-refractivity contribution is 5.98. The Labute approximate surface area is 293 Å². The molecule has 0 fully saturated rings. The third kappa shape index (κ3) is 20.3. The van der Waals surface area contributed by atoms with Gasteiger partial charge in [0.1, 0.15) is 18.7 Å². The van der Waals surface area contributed by atoms with Crippen LogP contribution < -0.4 is 32.3 Å². The van der Waals surface area contributed by atoms with E-state index in [0.717, 1.165) is 31.2 Å². The van der Waals surface area contributed by atoms with Gasteiger partial charge in [0, 0.05) is 31.8 Å². The maximum absolute atomic E-state index is 13.4. The number of unbranched alkanes of at least 4 members (excludes halogenated alkanes) is 2. The zero-order chi connectivity index (χ0) is 37.0. The number of carbonyl (C=O) groups is 5. The van der Waals surface area contributed by atoms with Gasteiger partial charge in [0.15, 0.2) is 0 Å². The molecular formula is C36H62N6O7. The summed E-state index contributed by atoms with van der Waals surface area (Å²) in [6.45, 7) is 17.3. The van der Waals surface area contributed by atoms with Gasteiger partial charge in [-0.1, -0.05) is 59.6 Å². The van der Waals surface area contributed by atoms with Gasteiger partial charge in [-0.15, -0.1) is 0 Å². The van der Waals surface area contributed by atoms with E-state index < -0.39 is 36.0 Å². The molecule has 0 aliphatic rings. The predicted molar refractivity (Wildman–Crippen MR) is 192 cm³/mol. The smallest absolute Gasteiger partial charge is 0.407 e. The molecule has 2 atom stereocenters. The lowest BCUT2D eigenvalue weighted by Crippen LogP contribution is -2.54. The number of benzene rings is 1. The van der Waals surface area contributed by atoms with Crippen LogP contribution >= 0.6 is 0 Å². The van der Waals surface area contributed by atoms with E-state index >= 15 is 0 Å². The average molecular weight is 691 g/mol. The van der Waals surface area contributed by atoms with Crippen molar-refractivity contribution in [3.05, 3.63) is 29.8 Å². The minimum atomic E-state index is -0.947. The summed E-state index contributed by atoms with van der Waals surface area (Å²) in [5.74, 6) is -1.35. The number of primary amides is 1. The number of hydrogen-bond acceptors (Lipinski definition) is 7. The fourth-order valence-electron chi connectivity index (χ4n) is 4.99. The van der Waals surface area contributed by atoms with E-state index in [2.05, 4.69) is 47.4 Å². The van der Waals surface area contributed by atoms with Crippen molar-refractivity contribution < 1.29 is 33.4 Å². The van der Waals surface area contributed by atoms with E-state index in [0.29, 0.717) is 38.1 Å². The highest BCUT2D eigenvalue weighted by Crippen LogP contribution is 2.22. The van der Waals surface area contributed by atoms with Crippen LogP contribution in [0.15, 0.2) is 24.3 Å². The van der Waals surface area contributed by atoms with Gasteiger partial charge in [-0.3, -0.25) is 14.4 Å². The molecule has 0 saturated heterocycles. The first-order valence-corrected chi connectivity index (χ1v) is 17.5. The molecule has 13 heteroatoms. The Balaban J connectivity index is 2.77. The Morgan fingerprint density at radius 3 is 2.08 bits per heavy atom. The summed E-state index contributed by atoms with van der Waals surface area (Å²) in [5, 5.41) is 13.7. The molecule has 6 amide bonds. The molecular weight excluding hydrogens is 628 g/mol. The number of carbonyl (C=O) groups excluding carboxylic acids is 5. The van der Waals surface area contributed by atoms with Crippen molar-refractivity contribution in [2.24, 2.45) is 17.1 Å². The molecule has 49 heavy (non-hydrogen) atoms. The summed E-state index contributed by atoms with van der Waals surface area (Å²) < 4.78 is 10.9. The van der Waals surface area contributed by atoms with Crippen LogP contribution in [-0.4, -0.2) is 67.2 Å². The van der Waals surface area contributed by atoms with Crippen LogP contribution in [0.1, 0.15) is 112 Å². The number of alkyl carbamates (subject to hydrolysis) is 1. The van der Waals surface area contributed by atoms with Crippen molar-refractivity contribution in [3.8, 4) is 0 Å². The first-order chi connectivity index (χ1) is 22.9. The molecule has 1 rings (SSSR count). The number of amides is 6. The van der Waals surface area contributed by atoms with Crippen molar-refractivity contribution in [1.82, 2.24) is 21.3 Å². The maximum atomic E-state index is 13.4. The molecule has 0 radical (unpaired) electrons. The number of anilines is 1. The number of hydrogen-bond donors (Lipinski definition) is 6. The maximum Gasteiger partial charge on any atom is 0.407 e. The van der Waals surface area contributed by atoms with Crippen LogP contribution in [-0.2, 0) is 30.5 Å². The van der Waals surface area contributed by atoms with E-state index in [1.165, 1.54) is 0 Å². The third-order valence-corrected chi connectivity index (χ3v) is 7.82. The van der Waals surface area contributed by atoms with Crippen LogP contribution in [0.2, 0.25) is 0 Å². The summed E-state index contributed by atoms with van der Waals surface area (Å²) >= 11 is 0. The molecule has 7 N–H and O–H groups in total. The fraction of sp³-hybridized carbons (Fsp3) is 0.694. The van der Waals surface area contributed by atoms with Gasteiger partial charge in [0.05, 0.1) is 5.60 Å². The van der Waals surface area contributed by atoms with Crippen molar-refractivity contribution in [1.29, 1.82) is 0 Å². The first-order valence-electron chi connectivity index (χ1n) is 17.5. The van der Waals surface area contributed by atoms with E-state index in [1.807, 2.05) is 34.6 Å². The van der Waals surface area contributed by atoms with Crippen LogP contribution in [0.3, 0.4) is 0 Å². The standard InChI is InChI=1S/C36H62N6O7/c1-9-49-36(7,8)21-23-39-34(47)48-24-26-16-18-27(19-17-26)40-31(44)28(14-13-22-38-33(37)46)41-32(45)30(25(2)3)42-29(43)15-11-10-12-20-35(4,5)6/h16-19,25,28,30H,9-15,20-24H2,1-8H3,(H,39,47)(H,40,44)(H,41,45)(H,42,43)(H3,37,38,46)/t28-,30?/m0/s1. The molecule has 278 valence electrons. The Hall–Kier alpha value is -3.87. The number of urea groups is 1. The second-order valence-electron chi connectivity index (χ2n) is 14.5. The molecule has 0 aliphatic heterocycles. The quantitative estimate of drug-likeness (QED) is 0.0910. The van der Waals surface area contributed by atoms with Gasteiger partial charge in [-0.05, 0) is 81.9 Å². The van der Waals surface area contributed by atoms with Gasteiger partial charge < -0.3 is 41.8 Å². The molecule has 0 aliphatic carbocycles. The van der Waals surface area contributed by atoms with Crippen molar-refractivity contribution >= 4 is 35.5 Å². The number of nitrogens with one attached hydrogen (secondary N) is 5. The first kappa shape index (κ1) is 43.2. The lowest BCUT2D eigenvalue weighted by molar-refractivity contribution is -0.132. The monoisotopic (exact) mass is 690 g/mol. The lowest BCUT2D eigenvalue weighted by atomic mass is 9.89. The summed E-state index contributed by atoms with van der Waals surface area (Å²) in [7, 11) is 0. The molecule has 0 spiro atoms. The SMILES string of the molecule is CCOC(C)(C)CCNC(=O)OCc1ccc(NC(=O)[C@H](CCCNC(N)=O)NC(=O)C(NC(=O)CCCCCC(C)(C)C)C(C)C)cc1. The second-order valence-corrected chi connectivity index (χ2v) is 14.5. The molecule has 0 bridgehead atoms. The number of nitrogens with two attached hydrogens (primary N) is 1. The number of rotatable bonds is 22. The van der Waals surface area contributed by atoms with Crippen LogP contribution in [0.4, 0.5) is 15.3 Å². The average Bonchev–Trinajstić information content (AvgIpc) is 2.99. The van der Waals surface area contributed by atoms with Gasteiger partial charge in [0.25, 0.3) is 0 Å². The summed E-state index contributed by atoms with van der Waals surface area (Å²) in [6, 6.07) is 4.33.